The van der Waals surface area contributed by atoms with Gasteiger partial charge in [-0.05, 0) is 73.6 Å². The van der Waals surface area contributed by atoms with Crippen LogP contribution in [0.2, 0.25) is 0 Å². The van der Waals surface area contributed by atoms with E-state index in [9.17, 15) is 0 Å². The summed E-state index contributed by atoms with van der Waals surface area (Å²) < 4.78 is 7.57. The number of nitrogens with zero attached hydrogens (tertiary/aromatic N) is 3. The molecule has 6 heteroatoms. The van der Waals surface area contributed by atoms with Gasteiger partial charge in [0.1, 0.15) is 6.04 Å². The van der Waals surface area contributed by atoms with Crippen molar-refractivity contribution >= 4 is 23.0 Å². The van der Waals surface area contributed by atoms with Crippen LogP contribution in [-0.2, 0) is 11.3 Å². The van der Waals surface area contributed by atoms with Crippen molar-refractivity contribution in [3.8, 4) is 0 Å². The molecule has 1 N–H and O–H groups in total. The SMILES string of the molecule is COCCn1cccc1[C@@H]1[C@@H](c2ccccn2)NC(=S)N1c1cc(C)cc(C)c1. The molecule has 0 radical (unpaired) electrons. The van der Waals surface area contributed by atoms with E-state index in [2.05, 4.69) is 76.2 Å². The van der Waals surface area contributed by atoms with Crippen LogP contribution in [0.3, 0.4) is 0 Å². The smallest absolute Gasteiger partial charge is 0.174 e. The van der Waals surface area contributed by atoms with Gasteiger partial charge in [-0.3, -0.25) is 4.98 Å². The normalized spacial score (nSPS) is 18.9. The fraction of sp³-hybridized carbons (Fsp3) is 0.304. The van der Waals surface area contributed by atoms with Gasteiger partial charge in [-0.25, -0.2) is 0 Å². The summed E-state index contributed by atoms with van der Waals surface area (Å²) >= 11 is 5.82. The predicted molar refractivity (Wildman–Crippen MR) is 120 cm³/mol. The Labute approximate surface area is 177 Å². The second kappa shape index (κ2) is 8.35. The average Bonchev–Trinajstić information content (AvgIpc) is 3.29. The van der Waals surface area contributed by atoms with Crippen LogP contribution < -0.4 is 10.2 Å². The number of hydrogen-bond acceptors (Lipinski definition) is 3. The Bertz CT molecular complexity index is 981. The second-order valence-electron chi connectivity index (χ2n) is 7.46. The number of aromatic nitrogens is 2. The number of anilines is 1. The lowest BCUT2D eigenvalue weighted by Gasteiger charge is -2.29. The van der Waals surface area contributed by atoms with E-state index in [4.69, 9.17) is 17.0 Å². The summed E-state index contributed by atoms with van der Waals surface area (Å²) in [5.41, 5.74) is 5.70. The predicted octanol–water partition coefficient (Wildman–Crippen LogP) is 4.32. The molecule has 150 valence electrons. The van der Waals surface area contributed by atoms with E-state index < -0.39 is 0 Å². The highest BCUT2D eigenvalue weighted by Crippen LogP contribution is 2.42. The zero-order valence-corrected chi connectivity index (χ0v) is 17.8. The largest absolute Gasteiger partial charge is 0.383 e. The maximum absolute atomic E-state index is 5.82. The molecular weight excluding hydrogens is 380 g/mol. The Morgan fingerprint density at radius 1 is 1.10 bits per heavy atom. The molecule has 1 aromatic carbocycles. The van der Waals surface area contributed by atoms with E-state index in [1.54, 1.807) is 7.11 Å². The first-order valence-electron chi connectivity index (χ1n) is 9.81. The van der Waals surface area contributed by atoms with Gasteiger partial charge < -0.3 is 19.5 Å². The molecule has 3 heterocycles. The zero-order valence-electron chi connectivity index (χ0n) is 17.0. The topological polar surface area (TPSA) is 42.3 Å². The van der Waals surface area contributed by atoms with Crippen molar-refractivity contribution in [2.75, 3.05) is 18.6 Å². The maximum atomic E-state index is 5.82. The van der Waals surface area contributed by atoms with E-state index in [1.165, 1.54) is 16.8 Å². The van der Waals surface area contributed by atoms with Gasteiger partial charge in [0.15, 0.2) is 5.11 Å². The first kappa shape index (κ1) is 19.6. The van der Waals surface area contributed by atoms with Crippen LogP contribution in [0.15, 0.2) is 60.9 Å². The fourth-order valence-corrected chi connectivity index (χ4v) is 4.46. The third-order valence-electron chi connectivity index (χ3n) is 5.29. The minimum atomic E-state index is -0.0410. The lowest BCUT2D eigenvalue weighted by Crippen LogP contribution is -2.30. The van der Waals surface area contributed by atoms with Gasteiger partial charge in [0.2, 0.25) is 0 Å². The Hall–Kier alpha value is -2.70. The van der Waals surface area contributed by atoms with Crippen molar-refractivity contribution in [1.82, 2.24) is 14.9 Å². The van der Waals surface area contributed by atoms with Gasteiger partial charge in [-0.2, -0.15) is 0 Å². The van der Waals surface area contributed by atoms with Gasteiger partial charge in [0.05, 0.1) is 18.3 Å². The van der Waals surface area contributed by atoms with E-state index in [-0.39, 0.29) is 12.1 Å². The van der Waals surface area contributed by atoms with Crippen LogP contribution in [-0.4, -0.2) is 28.4 Å². The highest BCUT2D eigenvalue weighted by atomic mass is 32.1. The highest BCUT2D eigenvalue weighted by Gasteiger charge is 2.42. The third-order valence-corrected chi connectivity index (χ3v) is 5.60. The Morgan fingerprint density at radius 2 is 1.90 bits per heavy atom. The molecule has 1 aliphatic heterocycles. The molecule has 0 bridgehead atoms. The third kappa shape index (κ3) is 3.91. The number of ether oxygens (including phenoxy) is 1. The number of methoxy groups -OCH3 is 1. The molecular formula is C23H26N4OS. The molecule has 5 nitrogen and oxygen atoms in total. The molecule has 2 aromatic heterocycles. The summed E-state index contributed by atoms with van der Waals surface area (Å²) in [5, 5.41) is 4.25. The number of benzene rings is 1. The summed E-state index contributed by atoms with van der Waals surface area (Å²) in [6, 6.07) is 16.8. The summed E-state index contributed by atoms with van der Waals surface area (Å²) in [4.78, 5) is 6.86. The molecule has 0 unspecified atom stereocenters. The summed E-state index contributed by atoms with van der Waals surface area (Å²) in [5.74, 6) is 0. The van der Waals surface area contributed by atoms with Gasteiger partial charge in [-0.1, -0.05) is 12.1 Å². The molecule has 1 fully saturated rings. The first-order chi connectivity index (χ1) is 14.1. The molecule has 1 aliphatic rings. The monoisotopic (exact) mass is 406 g/mol. The molecule has 29 heavy (non-hydrogen) atoms. The molecule has 0 aliphatic carbocycles. The lowest BCUT2D eigenvalue weighted by molar-refractivity contribution is 0.186. The van der Waals surface area contributed by atoms with Crippen LogP contribution >= 0.6 is 12.2 Å². The van der Waals surface area contributed by atoms with Crippen molar-refractivity contribution in [3.63, 3.8) is 0 Å². The van der Waals surface area contributed by atoms with Crippen LogP contribution in [0, 0.1) is 13.8 Å². The standard InChI is InChI=1S/C23H26N4OS/c1-16-13-17(2)15-18(14-16)27-22(20-8-6-10-26(20)11-12-28-3)21(25-23(27)29)19-7-4-5-9-24-19/h4-10,13-15,21-22H,11-12H2,1-3H3,(H,25,29)/t21-,22-/m1/s1. The number of thiocarbonyl (C=S) groups is 1. The van der Waals surface area contributed by atoms with Crippen molar-refractivity contribution in [2.45, 2.75) is 32.5 Å². The van der Waals surface area contributed by atoms with Gasteiger partial charge >= 0.3 is 0 Å². The first-order valence-corrected chi connectivity index (χ1v) is 10.2. The van der Waals surface area contributed by atoms with Gasteiger partial charge in [0, 0.05) is 37.4 Å². The molecule has 1 saturated heterocycles. The molecule has 4 rings (SSSR count). The van der Waals surface area contributed by atoms with Gasteiger partial charge in [-0.15, -0.1) is 0 Å². The lowest BCUT2D eigenvalue weighted by atomic mass is 10.00. The molecule has 3 aromatic rings. The van der Waals surface area contributed by atoms with E-state index >= 15 is 0 Å². The number of hydrogen-bond donors (Lipinski definition) is 1. The summed E-state index contributed by atoms with van der Waals surface area (Å²) in [6.45, 7) is 5.69. The van der Waals surface area contributed by atoms with Crippen molar-refractivity contribution in [3.05, 3.63) is 83.4 Å². The minimum Gasteiger partial charge on any atom is -0.383 e. The highest BCUT2D eigenvalue weighted by molar-refractivity contribution is 7.80. The van der Waals surface area contributed by atoms with Crippen molar-refractivity contribution in [1.29, 1.82) is 0 Å². The average molecular weight is 407 g/mol. The molecule has 0 amide bonds. The quantitative estimate of drug-likeness (QED) is 0.618. The maximum Gasteiger partial charge on any atom is 0.174 e. The van der Waals surface area contributed by atoms with Crippen LogP contribution in [0.4, 0.5) is 5.69 Å². The van der Waals surface area contributed by atoms with E-state index in [0.717, 1.165) is 23.0 Å². The molecule has 2 atom stereocenters. The van der Waals surface area contributed by atoms with Crippen molar-refractivity contribution < 1.29 is 4.74 Å². The van der Waals surface area contributed by atoms with E-state index in [0.29, 0.717) is 6.61 Å². The molecule has 0 saturated carbocycles. The van der Waals surface area contributed by atoms with E-state index in [1.807, 2.05) is 18.3 Å². The number of nitrogens with one attached hydrogen (secondary N) is 1. The Balaban J connectivity index is 1.83. The van der Waals surface area contributed by atoms with Gasteiger partial charge in [0.25, 0.3) is 0 Å². The fourth-order valence-electron chi connectivity index (χ4n) is 4.11. The Morgan fingerprint density at radius 3 is 2.59 bits per heavy atom. The second-order valence-corrected chi connectivity index (χ2v) is 7.85. The van der Waals surface area contributed by atoms with Crippen molar-refractivity contribution in [2.24, 2.45) is 0 Å². The van der Waals surface area contributed by atoms with Crippen LogP contribution in [0.25, 0.3) is 0 Å². The minimum absolute atomic E-state index is 0.00884. The number of rotatable bonds is 6. The zero-order chi connectivity index (χ0) is 20.4. The van der Waals surface area contributed by atoms with Crippen LogP contribution in [0.1, 0.15) is 34.6 Å². The molecule has 0 spiro atoms. The summed E-state index contributed by atoms with van der Waals surface area (Å²) in [6.07, 6.45) is 3.94. The number of aryl methyl sites for hydroxylation is 2. The summed E-state index contributed by atoms with van der Waals surface area (Å²) in [7, 11) is 1.73. The Kier molecular flexibility index (Phi) is 5.65. The number of pyridine rings is 1. The van der Waals surface area contributed by atoms with Crippen LogP contribution in [0.5, 0.6) is 0 Å².